The molecule has 1 aromatic carbocycles. The summed E-state index contributed by atoms with van der Waals surface area (Å²) in [5, 5.41) is 7.45. The highest BCUT2D eigenvalue weighted by Gasteiger charge is 2.28. The van der Waals surface area contributed by atoms with Crippen LogP contribution in [-0.4, -0.2) is 30.0 Å². The molecule has 0 radical (unpaired) electrons. The summed E-state index contributed by atoms with van der Waals surface area (Å²) in [6, 6.07) is 3.74. The second kappa shape index (κ2) is 5.59. The highest BCUT2D eigenvalue weighted by Crippen LogP contribution is 2.28. The van der Waals surface area contributed by atoms with Gasteiger partial charge in [0.15, 0.2) is 0 Å². The molecule has 0 bridgehead atoms. The van der Waals surface area contributed by atoms with Crippen molar-refractivity contribution in [1.29, 1.82) is 0 Å². The van der Waals surface area contributed by atoms with E-state index in [1.807, 2.05) is 0 Å². The SMILES string of the molecule is COC(=O)c1ccc(-c2nnc(C(C)(C)CF)o2)c(F)c1. The number of methoxy groups -OCH3 is 1. The maximum Gasteiger partial charge on any atom is 0.337 e. The number of rotatable bonds is 4. The monoisotopic (exact) mass is 296 g/mol. The first-order valence-electron chi connectivity index (χ1n) is 6.17. The molecular formula is C14H14F2N2O3. The van der Waals surface area contributed by atoms with Gasteiger partial charge in [-0.25, -0.2) is 13.6 Å². The van der Waals surface area contributed by atoms with Crippen LogP contribution >= 0.6 is 0 Å². The zero-order valence-electron chi connectivity index (χ0n) is 11.8. The second-order valence-corrected chi connectivity index (χ2v) is 5.12. The van der Waals surface area contributed by atoms with E-state index in [9.17, 15) is 13.6 Å². The molecule has 0 spiro atoms. The molecule has 2 aromatic rings. The zero-order chi connectivity index (χ0) is 15.6. The van der Waals surface area contributed by atoms with Crippen molar-refractivity contribution in [2.24, 2.45) is 0 Å². The fourth-order valence-electron chi connectivity index (χ4n) is 1.60. The first-order valence-corrected chi connectivity index (χ1v) is 6.17. The molecule has 0 aliphatic carbocycles. The van der Waals surface area contributed by atoms with Crippen LogP contribution in [0.3, 0.4) is 0 Å². The van der Waals surface area contributed by atoms with Crippen LogP contribution in [0, 0.1) is 5.82 Å². The topological polar surface area (TPSA) is 65.2 Å². The largest absolute Gasteiger partial charge is 0.465 e. The van der Waals surface area contributed by atoms with Crippen molar-refractivity contribution >= 4 is 5.97 Å². The van der Waals surface area contributed by atoms with E-state index in [0.717, 1.165) is 6.07 Å². The third kappa shape index (κ3) is 2.91. The third-order valence-electron chi connectivity index (χ3n) is 2.96. The summed E-state index contributed by atoms with van der Waals surface area (Å²) in [7, 11) is 1.21. The molecule has 0 saturated heterocycles. The van der Waals surface area contributed by atoms with Crippen LogP contribution in [0.25, 0.3) is 11.5 Å². The zero-order valence-corrected chi connectivity index (χ0v) is 11.8. The second-order valence-electron chi connectivity index (χ2n) is 5.12. The smallest absolute Gasteiger partial charge is 0.337 e. The highest BCUT2D eigenvalue weighted by molar-refractivity contribution is 5.89. The number of nitrogens with zero attached hydrogens (tertiary/aromatic N) is 2. The minimum absolute atomic E-state index is 0.0380. The van der Waals surface area contributed by atoms with Crippen LogP contribution in [0.5, 0.6) is 0 Å². The summed E-state index contributed by atoms with van der Waals surface area (Å²) < 4.78 is 36.7. The molecule has 0 N–H and O–H groups in total. The van der Waals surface area contributed by atoms with E-state index >= 15 is 0 Å². The van der Waals surface area contributed by atoms with Gasteiger partial charge in [0.05, 0.1) is 23.7 Å². The molecule has 1 aromatic heterocycles. The first-order chi connectivity index (χ1) is 9.89. The normalized spacial score (nSPS) is 11.5. The number of ether oxygens (including phenoxy) is 1. The number of benzene rings is 1. The Morgan fingerprint density at radius 1 is 1.38 bits per heavy atom. The van der Waals surface area contributed by atoms with Gasteiger partial charge in [-0.2, -0.15) is 0 Å². The molecule has 0 aliphatic rings. The molecule has 7 heteroatoms. The van der Waals surface area contributed by atoms with Gasteiger partial charge in [0.1, 0.15) is 12.5 Å². The molecule has 21 heavy (non-hydrogen) atoms. The summed E-state index contributed by atoms with van der Waals surface area (Å²) in [4.78, 5) is 11.3. The lowest BCUT2D eigenvalue weighted by Gasteiger charge is -2.13. The fraction of sp³-hybridized carbons (Fsp3) is 0.357. The van der Waals surface area contributed by atoms with Crippen molar-refractivity contribution in [2.75, 3.05) is 13.8 Å². The highest BCUT2D eigenvalue weighted by atomic mass is 19.1. The summed E-state index contributed by atoms with van der Waals surface area (Å²) in [5.74, 6) is -1.34. The molecule has 5 nitrogen and oxygen atoms in total. The van der Waals surface area contributed by atoms with Crippen LogP contribution < -0.4 is 0 Å². The quantitative estimate of drug-likeness (QED) is 0.812. The molecule has 2 rings (SSSR count). The molecule has 0 aliphatic heterocycles. The number of alkyl halides is 1. The molecule has 0 amide bonds. The number of hydrogen-bond acceptors (Lipinski definition) is 5. The van der Waals surface area contributed by atoms with Gasteiger partial charge in [-0.3, -0.25) is 0 Å². The van der Waals surface area contributed by atoms with Crippen molar-refractivity contribution in [1.82, 2.24) is 10.2 Å². The van der Waals surface area contributed by atoms with Crippen LogP contribution in [-0.2, 0) is 10.2 Å². The van der Waals surface area contributed by atoms with Gasteiger partial charge >= 0.3 is 5.97 Å². The number of hydrogen-bond donors (Lipinski definition) is 0. The minimum Gasteiger partial charge on any atom is -0.465 e. The predicted octanol–water partition coefficient (Wildman–Crippen LogP) is 2.91. The van der Waals surface area contributed by atoms with Gasteiger partial charge in [0, 0.05) is 0 Å². The van der Waals surface area contributed by atoms with E-state index in [0.29, 0.717) is 0 Å². The Labute approximate surface area is 119 Å². The van der Waals surface area contributed by atoms with E-state index in [-0.39, 0.29) is 22.9 Å². The lowest BCUT2D eigenvalue weighted by molar-refractivity contribution is 0.0600. The average Bonchev–Trinajstić information content (AvgIpc) is 2.96. The minimum atomic E-state index is -0.937. The standard InChI is InChI=1S/C14H14F2N2O3/c1-14(2,7-15)13-18-17-11(21-13)9-5-4-8(6-10(9)16)12(19)20-3/h4-6H,7H2,1-3H3. The van der Waals surface area contributed by atoms with Gasteiger partial charge in [-0.05, 0) is 32.0 Å². The lowest BCUT2D eigenvalue weighted by Crippen LogP contribution is -2.20. The van der Waals surface area contributed by atoms with E-state index in [1.54, 1.807) is 13.8 Å². The third-order valence-corrected chi connectivity index (χ3v) is 2.96. The van der Waals surface area contributed by atoms with E-state index < -0.39 is 23.9 Å². The summed E-state index contributed by atoms with van der Waals surface area (Å²) >= 11 is 0. The van der Waals surface area contributed by atoms with Gasteiger partial charge < -0.3 is 9.15 Å². The molecule has 0 fully saturated rings. The average molecular weight is 296 g/mol. The molecule has 0 atom stereocenters. The van der Waals surface area contributed by atoms with Crippen LogP contribution in [0.2, 0.25) is 0 Å². The summed E-state index contributed by atoms with van der Waals surface area (Å²) in [6.07, 6.45) is 0. The Morgan fingerprint density at radius 2 is 2.10 bits per heavy atom. The number of halogens is 2. The van der Waals surface area contributed by atoms with Crippen molar-refractivity contribution < 1.29 is 22.7 Å². The van der Waals surface area contributed by atoms with Gasteiger partial charge in [0.25, 0.3) is 5.89 Å². The van der Waals surface area contributed by atoms with Gasteiger partial charge in [-0.1, -0.05) is 0 Å². The van der Waals surface area contributed by atoms with Crippen molar-refractivity contribution in [3.63, 3.8) is 0 Å². The maximum absolute atomic E-state index is 14.0. The maximum atomic E-state index is 14.0. The number of carbonyl (C=O) groups excluding carboxylic acids is 1. The molecular weight excluding hydrogens is 282 g/mol. The molecule has 0 unspecified atom stereocenters. The van der Waals surface area contributed by atoms with Crippen molar-refractivity contribution in [3.8, 4) is 11.5 Å². The Hall–Kier alpha value is -2.31. The number of esters is 1. The van der Waals surface area contributed by atoms with Gasteiger partial charge in [-0.15, -0.1) is 10.2 Å². The Morgan fingerprint density at radius 3 is 2.67 bits per heavy atom. The van der Waals surface area contributed by atoms with Crippen molar-refractivity contribution in [3.05, 3.63) is 35.5 Å². The van der Waals surface area contributed by atoms with E-state index in [4.69, 9.17) is 4.42 Å². The molecule has 0 saturated carbocycles. The van der Waals surface area contributed by atoms with Gasteiger partial charge in [0.2, 0.25) is 5.89 Å². The molecule has 1 heterocycles. The summed E-state index contributed by atoms with van der Waals surface area (Å²) in [5.41, 5.74) is -0.827. The number of carbonyl (C=O) groups is 1. The lowest BCUT2D eigenvalue weighted by atomic mass is 9.96. The van der Waals surface area contributed by atoms with Crippen molar-refractivity contribution in [2.45, 2.75) is 19.3 Å². The van der Waals surface area contributed by atoms with E-state index in [2.05, 4.69) is 14.9 Å². The summed E-state index contributed by atoms with van der Waals surface area (Å²) in [6.45, 7) is 2.51. The Kier molecular flexibility index (Phi) is 4.02. The number of aromatic nitrogens is 2. The first kappa shape index (κ1) is 15.1. The van der Waals surface area contributed by atoms with Crippen LogP contribution in [0.4, 0.5) is 8.78 Å². The Balaban J connectivity index is 2.37. The molecule has 112 valence electrons. The van der Waals surface area contributed by atoms with Crippen LogP contribution in [0.15, 0.2) is 22.6 Å². The fourth-order valence-corrected chi connectivity index (χ4v) is 1.60. The predicted molar refractivity (Wildman–Crippen MR) is 70.0 cm³/mol. The van der Waals surface area contributed by atoms with E-state index in [1.165, 1.54) is 19.2 Å². The van der Waals surface area contributed by atoms with Crippen LogP contribution in [0.1, 0.15) is 30.1 Å². The Bertz CT molecular complexity index is 668.